The number of hydrogen-bond acceptors (Lipinski definition) is 2. The second kappa shape index (κ2) is 9.14. The molecule has 2 aromatic carbocycles. The van der Waals surface area contributed by atoms with Crippen molar-refractivity contribution in [3.63, 3.8) is 0 Å². The molecular formula is C29H29ClN4S. The van der Waals surface area contributed by atoms with Crippen molar-refractivity contribution in [1.29, 1.82) is 0 Å². The second-order valence-electron chi connectivity index (χ2n) is 9.44. The molecule has 2 aromatic heterocycles. The van der Waals surface area contributed by atoms with Crippen LogP contribution >= 0.6 is 23.8 Å². The van der Waals surface area contributed by atoms with Gasteiger partial charge in [-0.1, -0.05) is 29.8 Å². The first-order chi connectivity index (χ1) is 16.7. The van der Waals surface area contributed by atoms with Crippen molar-refractivity contribution >= 4 is 34.6 Å². The maximum absolute atomic E-state index is 6.40. The summed E-state index contributed by atoms with van der Waals surface area (Å²) in [5.74, 6) is 0. The van der Waals surface area contributed by atoms with E-state index in [9.17, 15) is 0 Å². The van der Waals surface area contributed by atoms with Crippen molar-refractivity contribution in [3.05, 3.63) is 111 Å². The lowest BCUT2D eigenvalue weighted by atomic mass is 9.96. The van der Waals surface area contributed by atoms with E-state index in [-0.39, 0.29) is 12.1 Å². The van der Waals surface area contributed by atoms with Gasteiger partial charge in [0.25, 0.3) is 0 Å². The Morgan fingerprint density at radius 2 is 1.66 bits per heavy atom. The molecule has 0 spiro atoms. The lowest BCUT2D eigenvalue weighted by molar-refractivity contribution is 0.565. The molecule has 5 rings (SSSR count). The molecule has 3 heterocycles. The first-order valence-electron chi connectivity index (χ1n) is 11.8. The van der Waals surface area contributed by atoms with Gasteiger partial charge >= 0.3 is 0 Å². The molecule has 35 heavy (non-hydrogen) atoms. The first-order valence-corrected chi connectivity index (χ1v) is 12.6. The van der Waals surface area contributed by atoms with E-state index in [1.807, 2.05) is 30.5 Å². The second-order valence-corrected chi connectivity index (χ2v) is 10.3. The van der Waals surface area contributed by atoms with Crippen LogP contribution in [-0.2, 0) is 0 Å². The summed E-state index contributed by atoms with van der Waals surface area (Å²) < 4.78 is 2.30. The third-order valence-corrected chi connectivity index (χ3v) is 7.33. The third-order valence-electron chi connectivity index (χ3n) is 6.78. The number of anilines is 1. The smallest absolute Gasteiger partial charge is 0.174 e. The molecule has 1 aliphatic rings. The predicted octanol–water partition coefficient (Wildman–Crippen LogP) is 7.24. The molecule has 4 aromatic rings. The van der Waals surface area contributed by atoms with Gasteiger partial charge in [0.15, 0.2) is 5.11 Å². The van der Waals surface area contributed by atoms with Gasteiger partial charge in [0.2, 0.25) is 0 Å². The van der Waals surface area contributed by atoms with Gasteiger partial charge < -0.3 is 14.8 Å². The standard InChI is InChI=1S/C29H29ClN4S/c1-17-12-18(2)14-23(13-17)34-28(27(32-29(34)35)25-8-6-7-11-31-25)24-15-20(4)33(21(24)5)26-16-22(30)10-9-19(26)3/h6-16,27-28H,1-5H3,(H,32,35)/t27-,28-/m1/s1. The Hall–Kier alpha value is -3.15. The van der Waals surface area contributed by atoms with Crippen molar-refractivity contribution in [3.8, 4) is 5.69 Å². The number of pyridine rings is 1. The SMILES string of the molecule is Cc1cc(C)cc(N2C(=S)N[C@H](c3ccccn3)[C@H]2c2cc(C)n(-c3cc(Cl)ccc3C)c2C)c1. The molecular weight excluding hydrogens is 472 g/mol. The number of aryl methyl sites for hydroxylation is 4. The largest absolute Gasteiger partial charge is 0.351 e. The fraction of sp³-hybridized carbons (Fsp3) is 0.241. The van der Waals surface area contributed by atoms with Gasteiger partial charge in [-0.25, -0.2) is 0 Å². The molecule has 6 heteroatoms. The Kier molecular flexibility index (Phi) is 6.16. The average Bonchev–Trinajstić information content (AvgIpc) is 3.30. The zero-order chi connectivity index (χ0) is 24.9. The van der Waals surface area contributed by atoms with Gasteiger partial charge in [0.05, 0.1) is 17.8 Å². The summed E-state index contributed by atoms with van der Waals surface area (Å²) in [5.41, 5.74) is 10.3. The molecule has 1 N–H and O–H groups in total. The number of rotatable bonds is 4. The summed E-state index contributed by atoms with van der Waals surface area (Å²) in [6, 6.07) is 20.8. The Labute approximate surface area is 217 Å². The molecule has 0 saturated carbocycles. The lowest BCUT2D eigenvalue weighted by Gasteiger charge is -2.29. The highest BCUT2D eigenvalue weighted by atomic mass is 35.5. The molecule has 1 saturated heterocycles. The van der Waals surface area contributed by atoms with Gasteiger partial charge in [-0.3, -0.25) is 4.98 Å². The molecule has 0 amide bonds. The van der Waals surface area contributed by atoms with Gasteiger partial charge in [0.1, 0.15) is 0 Å². The van der Waals surface area contributed by atoms with Crippen LogP contribution in [0.5, 0.6) is 0 Å². The normalized spacial score (nSPS) is 17.7. The highest BCUT2D eigenvalue weighted by molar-refractivity contribution is 7.80. The minimum absolute atomic E-state index is 0.0574. The Balaban J connectivity index is 1.72. The van der Waals surface area contributed by atoms with E-state index < -0.39 is 0 Å². The van der Waals surface area contributed by atoms with E-state index in [1.165, 1.54) is 27.9 Å². The zero-order valence-electron chi connectivity index (χ0n) is 20.6. The summed E-state index contributed by atoms with van der Waals surface area (Å²) in [5, 5.41) is 5.02. The van der Waals surface area contributed by atoms with Crippen LogP contribution in [0.1, 0.15) is 51.4 Å². The zero-order valence-corrected chi connectivity index (χ0v) is 22.2. The fourth-order valence-electron chi connectivity index (χ4n) is 5.32. The average molecular weight is 501 g/mol. The van der Waals surface area contributed by atoms with E-state index in [0.717, 1.165) is 27.8 Å². The molecule has 0 unspecified atom stereocenters. The summed E-state index contributed by atoms with van der Waals surface area (Å²) in [7, 11) is 0. The minimum Gasteiger partial charge on any atom is -0.351 e. The quantitative estimate of drug-likeness (QED) is 0.299. The van der Waals surface area contributed by atoms with Crippen LogP contribution in [-0.4, -0.2) is 14.7 Å². The van der Waals surface area contributed by atoms with Crippen molar-refractivity contribution in [1.82, 2.24) is 14.9 Å². The highest BCUT2D eigenvalue weighted by Gasteiger charge is 2.42. The summed E-state index contributed by atoms with van der Waals surface area (Å²) in [4.78, 5) is 6.96. The topological polar surface area (TPSA) is 33.1 Å². The van der Waals surface area contributed by atoms with E-state index in [4.69, 9.17) is 28.8 Å². The van der Waals surface area contributed by atoms with Gasteiger partial charge in [-0.2, -0.15) is 0 Å². The van der Waals surface area contributed by atoms with Crippen LogP contribution in [0.4, 0.5) is 5.69 Å². The van der Waals surface area contributed by atoms with Gasteiger partial charge in [-0.05, 0) is 112 Å². The Morgan fingerprint density at radius 3 is 2.34 bits per heavy atom. The number of thiocarbonyl (C=S) groups is 1. The van der Waals surface area contributed by atoms with E-state index in [2.05, 4.69) is 85.8 Å². The number of nitrogens with zero attached hydrogens (tertiary/aromatic N) is 3. The molecule has 0 aliphatic carbocycles. The summed E-state index contributed by atoms with van der Waals surface area (Å²) in [6.07, 6.45) is 1.84. The molecule has 0 bridgehead atoms. The van der Waals surface area contributed by atoms with E-state index in [0.29, 0.717) is 5.11 Å². The number of halogens is 1. The van der Waals surface area contributed by atoms with Crippen LogP contribution in [0.15, 0.2) is 66.9 Å². The number of benzene rings is 2. The Morgan fingerprint density at radius 1 is 0.914 bits per heavy atom. The molecule has 4 nitrogen and oxygen atoms in total. The van der Waals surface area contributed by atoms with Crippen LogP contribution in [0.2, 0.25) is 5.02 Å². The maximum atomic E-state index is 6.40. The lowest BCUT2D eigenvalue weighted by Crippen LogP contribution is -2.29. The van der Waals surface area contributed by atoms with E-state index in [1.54, 1.807) is 0 Å². The van der Waals surface area contributed by atoms with Crippen LogP contribution in [0.25, 0.3) is 5.69 Å². The predicted molar refractivity (Wildman–Crippen MR) is 149 cm³/mol. The molecule has 178 valence electrons. The third kappa shape index (κ3) is 4.24. The molecule has 1 aliphatic heterocycles. The van der Waals surface area contributed by atoms with Crippen molar-refractivity contribution in [2.24, 2.45) is 0 Å². The molecule has 1 fully saturated rings. The van der Waals surface area contributed by atoms with Crippen molar-refractivity contribution in [2.45, 2.75) is 46.7 Å². The summed E-state index contributed by atoms with van der Waals surface area (Å²) in [6.45, 7) is 10.7. The fourth-order valence-corrected chi connectivity index (χ4v) is 5.83. The summed E-state index contributed by atoms with van der Waals surface area (Å²) >= 11 is 12.3. The molecule has 0 radical (unpaired) electrons. The monoisotopic (exact) mass is 500 g/mol. The Bertz CT molecular complexity index is 1410. The number of nitrogens with one attached hydrogen (secondary N) is 1. The van der Waals surface area contributed by atoms with Crippen LogP contribution in [0, 0.1) is 34.6 Å². The first kappa shape index (κ1) is 23.6. The van der Waals surface area contributed by atoms with Crippen molar-refractivity contribution < 1.29 is 0 Å². The van der Waals surface area contributed by atoms with E-state index >= 15 is 0 Å². The number of aromatic nitrogens is 2. The molecule has 2 atom stereocenters. The number of hydrogen-bond donors (Lipinski definition) is 1. The van der Waals surface area contributed by atoms with Gasteiger partial charge in [-0.15, -0.1) is 0 Å². The van der Waals surface area contributed by atoms with Crippen LogP contribution < -0.4 is 10.2 Å². The highest BCUT2D eigenvalue weighted by Crippen LogP contribution is 2.44. The minimum atomic E-state index is -0.0843. The van der Waals surface area contributed by atoms with Crippen molar-refractivity contribution in [2.75, 3.05) is 4.90 Å². The van der Waals surface area contributed by atoms with Crippen LogP contribution in [0.3, 0.4) is 0 Å². The van der Waals surface area contributed by atoms with Gasteiger partial charge in [0, 0.05) is 34.0 Å². The maximum Gasteiger partial charge on any atom is 0.174 e.